The van der Waals surface area contributed by atoms with Crippen LogP contribution in [0.2, 0.25) is 0 Å². The Morgan fingerprint density at radius 1 is 1.63 bits per heavy atom. The summed E-state index contributed by atoms with van der Waals surface area (Å²) in [6, 6.07) is 3.87. The van der Waals surface area contributed by atoms with Gasteiger partial charge in [0.2, 0.25) is 0 Å². The van der Waals surface area contributed by atoms with Gasteiger partial charge < -0.3 is 10.5 Å². The van der Waals surface area contributed by atoms with Gasteiger partial charge in [0.1, 0.15) is 11.5 Å². The second kappa shape index (κ2) is 6.12. The van der Waals surface area contributed by atoms with Crippen molar-refractivity contribution in [3.63, 3.8) is 0 Å². The number of likely N-dealkylation sites (tertiary alicyclic amines) is 1. The maximum Gasteiger partial charge on any atom is 0.141 e. The van der Waals surface area contributed by atoms with Gasteiger partial charge in [0.05, 0.1) is 6.10 Å². The fourth-order valence-electron chi connectivity index (χ4n) is 2.53. The Bertz CT molecular complexity index is 449. The summed E-state index contributed by atoms with van der Waals surface area (Å²) in [4.78, 5) is 6.46. The Kier molecular flexibility index (Phi) is 4.50. The molecule has 104 valence electrons. The molecule has 2 rings (SSSR count). The number of aromatic nitrogens is 1. The number of pyridine rings is 1. The number of rotatable bonds is 4. The first-order valence-corrected chi connectivity index (χ1v) is 6.64. The second-order valence-corrected chi connectivity index (χ2v) is 5.24. The van der Waals surface area contributed by atoms with Gasteiger partial charge in [0.15, 0.2) is 0 Å². The van der Waals surface area contributed by atoms with Crippen molar-refractivity contribution >= 4 is 5.84 Å². The van der Waals surface area contributed by atoms with Crippen LogP contribution in [0.15, 0.2) is 18.3 Å². The highest BCUT2D eigenvalue weighted by atomic mass is 16.5. The van der Waals surface area contributed by atoms with Gasteiger partial charge in [-0.2, -0.15) is 0 Å². The average molecular weight is 262 g/mol. The fraction of sp³-hybridized carbons (Fsp3) is 0.571. The maximum atomic E-state index is 7.42. The van der Waals surface area contributed by atoms with Crippen LogP contribution in [0.3, 0.4) is 0 Å². The summed E-state index contributed by atoms with van der Waals surface area (Å²) in [6.07, 6.45) is 3.18. The molecular weight excluding hydrogens is 240 g/mol. The van der Waals surface area contributed by atoms with E-state index in [2.05, 4.69) is 16.8 Å². The van der Waals surface area contributed by atoms with Crippen molar-refractivity contribution < 1.29 is 4.74 Å². The van der Waals surface area contributed by atoms with Crippen LogP contribution in [0.25, 0.3) is 0 Å². The van der Waals surface area contributed by atoms with Crippen molar-refractivity contribution in [2.45, 2.75) is 26.0 Å². The van der Waals surface area contributed by atoms with Crippen LogP contribution in [0, 0.1) is 11.3 Å². The summed E-state index contributed by atoms with van der Waals surface area (Å²) >= 11 is 0. The molecule has 0 amide bonds. The molecular formula is C14H22N4O. The van der Waals surface area contributed by atoms with Crippen LogP contribution in [-0.4, -0.2) is 42.0 Å². The van der Waals surface area contributed by atoms with E-state index in [9.17, 15) is 0 Å². The minimum atomic E-state index is 0.0175. The molecule has 1 aromatic heterocycles. The molecule has 1 aliphatic rings. The number of nitrogens with one attached hydrogen (secondary N) is 1. The van der Waals surface area contributed by atoms with Crippen LogP contribution in [0.5, 0.6) is 0 Å². The Hall–Kier alpha value is -1.46. The highest BCUT2D eigenvalue weighted by Gasteiger charge is 2.25. The molecule has 2 unspecified atom stereocenters. The minimum Gasteiger partial charge on any atom is -0.382 e. The van der Waals surface area contributed by atoms with Crippen molar-refractivity contribution in [2.24, 2.45) is 11.7 Å². The lowest BCUT2D eigenvalue weighted by molar-refractivity contribution is -0.00745. The summed E-state index contributed by atoms with van der Waals surface area (Å²) in [6.45, 7) is 5.13. The number of nitrogen functional groups attached to an aromatic ring is 1. The lowest BCUT2D eigenvalue weighted by Crippen LogP contribution is -2.43. The molecule has 1 fully saturated rings. The molecule has 19 heavy (non-hydrogen) atoms. The van der Waals surface area contributed by atoms with Crippen LogP contribution in [-0.2, 0) is 11.3 Å². The third-order valence-electron chi connectivity index (χ3n) is 3.78. The summed E-state index contributed by atoms with van der Waals surface area (Å²) < 4.78 is 5.53. The number of methoxy groups -OCH3 is 1. The van der Waals surface area contributed by atoms with E-state index in [1.807, 2.05) is 12.1 Å². The Morgan fingerprint density at radius 2 is 2.42 bits per heavy atom. The molecule has 0 aliphatic carbocycles. The predicted octanol–water partition coefficient (Wildman–Crippen LogP) is 1.22. The van der Waals surface area contributed by atoms with Gasteiger partial charge in [-0.3, -0.25) is 15.3 Å². The molecule has 0 spiro atoms. The topological polar surface area (TPSA) is 75.2 Å². The van der Waals surface area contributed by atoms with E-state index in [0.29, 0.717) is 17.7 Å². The monoisotopic (exact) mass is 262 g/mol. The Labute approximate surface area is 114 Å². The Balaban J connectivity index is 2.01. The van der Waals surface area contributed by atoms with Gasteiger partial charge in [-0.15, -0.1) is 0 Å². The number of amidine groups is 1. The SMILES string of the molecule is COC1CN(Cc2ccnc(C(=N)N)c2)CCC1C. The molecule has 1 aromatic rings. The van der Waals surface area contributed by atoms with E-state index in [-0.39, 0.29) is 5.84 Å². The van der Waals surface area contributed by atoms with E-state index < -0.39 is 0 Å². The molecule has 1 aliphatic heterocycles. The van der Waals surface area contributed by atoms with Crippen LogP contribution in [0.1, 0.15) is 24.6 Å². The van der Waals surface area contributed by atoms with Gasteiger partial charge in [-0.25, -0.2) is 0 Å². The fourth-order valence-corrected chi connectivity index (χ4v) is 2.53. The molecule has 0 aromatic carbocycles. The molecule has 0 radical (unpaired) electrons. The van der Waals surface area contributed by atoms with Crippen molar-refractivity contribution in [1.29, 1.82) is 5.41 Å². The molecule has 0 bridgehead atoms. The average Bonchev–Trinajstić information content (AvgIpc) is 2.41. The minimum absolute atomic E-state index is 0.0175. The van der Waals surface area contributed by atoms with Crippen molar-refractivity contribution in [3.8, 4) is 0 Å². The number of nitrogens with zero attached hydrogens (tertiary/aromatic N) is 2. The van der Waals surface area contributed by atoms with Gasteiger partial charge in [-0.1, -0.05) is 6.92 Å². The smallest absolute Gasteiger partial charge is 0.141 e. The highest BCUT2D eigenvalue weighted by molar-refractivity contribution is 5.93. The van der Waals surface area contributed by atoms with Gasteiger partial charge in [0, 0.05) is 26.4 Å². The third kappa shape index (κ3) is 3.52. The van der Waals surface area contributed by atoms with Gasteiger partial charge >= 0.3 is 0 Å². The first-order chi connectivity index (χ1) is 9.10. The quantitative estimate of drug-likeness (QED) is 0.632. The zero-order valence-electron chi connectivity index (χ0n) is 11.6. The van der Waals surface area contributed by atoms with E-state index in [4.69, 9.17) is 15.9 Å². The highest BCUT2D eigenvalue weighted by Crippen LogP contribution is 2.21. The number of hydrogen-bond donors (Lipinski definition) is 2. The van der Waals surface area contributed by atoms with E-state index in [1.54, 1.807) is 13.3 Å². The number of piperidine rings is 1. The van der Waals surface area contributed by atoms with Crippen LogP contribution >= 0.6 is 0 Å². The lowest BCUT2D eigenvalue weighted by Gasteiger charge is -2.36. The summed E-state index contributed by atoms with van der Waals surface area (Å²) in [7, 11) is 1.78. The van der Waals surface area contributed by atoms with Crippen molar-refractivity contribution in [3.05, 3.63) is 29.6 Å². The number of hydrogen-bond acceptors (Lipinski definition) is 4. The molecule has 1 saturated heterocycles. The predicted molar refractivity (Wildman–Crippen MR) is 75.1 cm³/mol. The van der Waals surface area contributed by atoms with E-state index in [0.717, 1.165) is 31.6 Å². The molecule has 0 saturated carbocycles. The third-order valence-corrected chi connectivity index (χ3v) is 3.78. The maximum absolute atomic E-state index is 7.42. The molecule has 5 heteroatoms. The largest absolute Gasteiger partial charge is 0.382 e. The Morgan fingerprint density at radius 3 is 3.11 bits per heavy atom. The van der Waals surface area contributed by atoms with Crippen molar-refractivity contribution in [2.75, 3.05) is 20.2 Å². The standard InChI is InChI=1S/C14H22N4O/c1-10-4-6-18(9-13(10)19-2)8-11-3-5-17-12(7-11)14(15)16/h3,5,7,10,13H,4,6,8-9H2,1-2H3,(H3,15,16). The number of nitrogens with two attached hydrogens (primary N) is 1. The van der Waals surface area contributed by atoms with Crippen LogP contribution < -0.4 is 5.73 Å². The number of ether oxygens (including phenoxy) is 1. The second-order valence-electron chi connectivity index (χ2n) is 5.24. The zero-order valence-corrected chi connectivity index (χ0v) is 11.6. The summed E-state index contributed by atoms with van der Waals surface area (Å²) in [5, 5.41) is 7.42. The van der Waals surface area contributed by atoms with Gasteiger partial charge in [-0.05, 0) is 36.6 Å². The zero-order chi connectivity index (χ0) is 13.8. The van der Waals surface area contributed by atoms with Gasteiger partial charge in [0.25, 0.3) is 0 Å². The van der Waals surface area contributed by atoms with E-state index >= 15 is 0 Å². The van der Waals surface area contributed by atoms with Crippen LogP contribution in [0.4, 0.5) is 0 Å². The van der Waals surface area contributed by atoms with Crippen molar-refractivity contribution in [1.82, 2.24) is 9.88 Å². The molecule has 2 heterocycles. The first kappa shape index (κ1) is 14.0. The molecule has 3 N–H and O–H groups in total. The molecule has 2 atom stereocenters. The summed E-state index contributed by atoms with van der Waals surface area (Å²) in [5.41, 5.74) is 7.16. The van der Waals surface area contributed by atoms with E-state index in [1.165, 1.54) is 0 Å². The normalized spacial score (nSPS) is 24.3. The summed E-state index contributed by atoms with van der Waals surface area (Å²) in [5.74, 6) is 0.635. The lowest BCUT2D eigenvalue weighted by atomic mass is 9.95. The molecule has 5 nitrogen and oxygen atoms in total. The first-order valence-electron chi connectivity index (χ1n) is 6.64.